The minimum absolute atomic E-state index is 0.103. The fourth-order valence-corrected chi connectivity index (χ4v) is 2.13. The number of hydrogen-bond acceptors (Lipinski definition) is 2. The Morgan fingerprint density at radius 3 is 2.75 bits per heavy atom. The lowest BCUT2D eigenvalue weighted by Gasteiger charge is -2.06. The Morgan fingerprint density at radius 1 is 1.30 bits per heavy atom. The van der Waals surface area contributed by atoms with Crippen molar-refractivity contribution in [3.8, 4) is 0 Å². The van der Waals surface area contributed by atoms with Crippen LogP contribution in [0.5, 0.6) is 0 Å². The van der Waals surface area contributed by atoms with Crippen LogP contribution in [0, 0.1) is 5.92 Å². The summed E-state index contributed by atoms with van der Waals surface area (Å²) in [5.74, 6) is 0.467. The fraction of sp³-hybridized carbons (Fsp3) is 0.500. The van der Waals surface area contributed by atoms with E-state index in [1.165, 1.54) is 18.4 Å². The van der Waals surface area contributed by atoms with Crippen molar-refractivity contribution in [3.05, 3.63) is 48.0 Å². The molecule has 2 nitrogen and oxygen atoms in total. The van der Waals surface area contributed by atoms with Crippen LogP contribution < -0.4 is 0 Å². The summed E-state index contributed by atoms with van der Waals surface area (Å²) in [6, 6.07) is 10.6. The Morgan fingerprint density at radius 2 is 2.05 bits per heavy atom. The molecule has 0 aliphatic rings. The van der Waals surface area contributed by atoms with Crippen LogP contribution in [-0.4, -0.2) is 12.6 Å². The van der Waals surface area contributed by atoms with Crippen LogP contribution in [0.25, 0.3) is 0 Å². The summed E-state index contributed by atoms with van der Waals surface area (Å²) in [6.07, 6.45) is 9.11. The number of benzene rings is 1. The van der Waals surface area contributed by atoms with Gasteiger partial charge >= 0.3 is 5.97 Å². The van der Waals surface area contributed by atoms with Crippen LogP contribution in [0.15, 0.2) is 42.5 Å². The van der Waals surface area contributed by atoms with Gasteiger partial charge in [0.05, 0.1) is 6.61 Å². The van der Waals surface area contributed by atoms with E-state index in [4.69, 9.17) is 4.74 Å². The zero-order valence-corrected chi connectivity index (χ0v) is 12.7. The predicted octanol–water partition coefficient (Wildman–Crippen LogP) is 4.54. The van der Waals surface area contributed by atoms with E-state index < -0.39 is 0 Å². The monoisotopic (exact) mass is 274 g/mol. The summed E-state index contributed by atoms with van der Waals surface area (Å²) in [5, 5.41) is 0. The highest BCUT2D eigenvalue weighted by atomic mass is 16.5. The van der Waals surface area contributed by atoms with Crippen LogP contribution >= 0.6 is 0 Å². The zero-order valence-electron chi connectivity index (χ0n) is 12.7. The molecule has 20 heavy (non-hydrogen) atoms. The van der Waals surface area contributed by atoms with E-state index in [0.29, 0.717) is 18.9 Å². The van der Waals surface area contributed by atoms with Crippen LogP contribution in [-0.2, 0) is 16.0 Å². The third kappa shape index (κ3) is 7.78. The van der Waals surface area contributed by atoms with E-state index in [2.05, 4.69) is 49.4 Å². The van der Waals surface area contributed by atoms with Crippen molar-refractivity contribution in [2.75, 3.05) is 6.61 Å². The SMILES string of the molecule is CCOC(=O)CC/C=C/[C@H](C)CCCc1ccccc1. The molecule has 110 valence electrons. The Labute approximate surface area is 122 Å². The van der Waals surface area contributed by atoms with Gasteiger partial charge in [-0.1, -0.05) is 49.4 Å². The Kier molecular flexibility index (Phi) is 8.44. The average molecular weight is 274 g/mol. The second-order valence-electron chi connectivity index (χ2n) is 5.13. The van der Waals surface area contributed by atoms with E-state index >= 15 is 0 Å². The normalized spacial score (nSPS) is 12.5. The average Bonchev–Trinajstić information content (AvgIpc) is 2.45. The van der Waals surface area contributed by atoms with Crippen LogP contribution in [0.1, 0.15) is 45.1 Å². The minimum atomic E-state index is -0.103. The van der Waals surface area contributed by atoms with Gasteiger partial charge < -0.3 is 4.74 Å². The van der Waals surface area contributed by atoms with Crippen LogP contribution in [0.3, 0.4) is 0 Å². The van der Waals surface area contributed by atoms with E-state index in [1.54, 1.807) is 0 Å². The second kappa shape index (κ2) is 10.2. The lowest BCUT2D eigenvalue weighted by Crippen LogP contribution is -2.02. The molecule has 0 saturated heterocycles. The van der Waals surface area contributed by atoms with Gasteiger partial charge in [0.2, 0.25) is 0 Å². The van der Waals surface area contributed by atoms with Gasteiger partial charge in [0, 0.05) is 6.42 Å². The number of esters is 1. The highest BCUT2D eigenvalue weighted by Crippen LogP contribution is 2.12. The van der Waals surface area contributed by atoms with E-state index in [1.807, 2.05) is 6.92 Å². The summed E-state index contributed by atoms with van der Waals surface area (Å²) in [7, 11) is 0. The van der Waals surface area contributed by atoms with Gasteiger partial charge in [-0.3, -0.25) is 4.79 Å². The van der Waals surface area contributed by atoms with Gasteiger partial charge in [0.1, 0.15) is 0 Å². The number of carbonyl (C=O) groups excluding carboxylic acids is 1. The maximum absolute atomic E-state index is 11.2. The fourth-order valence-electron chi connectivity index (χ4n) is 2.13. The predicted molar refractivity (Wildman–Crippen MR) is 83.6 cm³/mol. The first-order chi connectivity index (χ1) is 9.72. The molecule has 0 aliphatic heterocycles. The van der Waals surface area contributed by atoms with Crippen molar-refractivity contribution in [1.82, 2.24) is 0 Å². The standard InChI is InChI=1S/C18H26O2/c1-3-20-18(19)15-8-7-10-16(2)11-9-14-17-12-5-4-6-13-17/h4-7,10,12-13,16H,3,8-9,11,14-15H2,1-2H3/b10-7+/t16-/m0/s1. The Hall–Kier alpha value is -1.57. The summed E-state index contributed by atoms with van der Waals surface area (Å²) in [4.78, 5) is 11.2. The lowest BCUT2D eigenvalue weighted by molar-refractivity contribution is -0.143. The number of aryl methyl sites for hydroxylation is 1. The van der Waals surface area contributed by atoms with Crippen molar-refractivity contribution in [2.24, 2.45) is 5.92 Å². The van der Waals surface area contributed by atoms with Gasteiger partial charge in [-0.15, -0.1) is 0 Å². The molecular weight excluding hydrogens is 248 g/mol. The third-order valence-electron chi connectivity index (χ3n) is 3.25. The molecule has 0 amide bonds. The first-order valence-corrected chi connectivity index (χ1v) is 7.58. The maximum Gasteiger partial charge on any atom is 0.306 e. The summed E-state index contributed by atoms with van der Waals surface area (Å²) >= 11 is 0. The molecule has 0 aromatic heterocycles. The van der Waals surface area contributed by atoms with Crippen molar-refractivity contribution in [3.63, 3.8) is 0 Å². The molecule has 2 heteroatoms. The number of hydrogen-bond donors (Lipinski definition) is 0. The molecule has 0 aliphatic carbocycles. The number of carbonyl (C=O) groups is 1. The van der Waals surface area contributed by atoms with Crippen LogP contribution in [0.4, 0.5) is 0 Å². The Bertz CT molecular complexity index is 395. The topological polar surface area (TPSA) is 26.3 Å². The highest BCUT2D eigenvalue weighted by molar-refractivity contribution is 5.69. The minimum Gasteiger partial charge on any atom is -0.466 e. The van der Waals surface area contributed by atoms with Gasteiger partial charge in [0.25, 0.3) is 0 Å². The second-order valence-corrected chi connectivity index (χ2v) is 5.13. The van der Waals surface area contributed by atoms with Crippen molar-refractivity contribution >= 4 is 5.97 Å². The smallest absolute Gasteiger partial charge is 0.306 e. The summed E-state index contributed by atoms with van der Waals surface area (Å²) in [5.41, 5.74) is 1.41. The van der Waals surface area contributed by atoms with Gasteiger partial charge in [-0.2, -0.15) is 0 Å². The van der Waals surface area contributed by atoms with Crippen molar-refractivity contribution < 1.29 is 9.53 Å². The molecule has 0 N–H and O–H groups in total. The van der Waals surface area contributed by atoms with E-state index in [0.717, 1.165) is 12.8 Å². The molecule has 0 fully saturated rings. The largest absolute Gasteiger partial charge is 0.466 e. The highest BCUT2D eigenvalue weighted by Gasteiger charge is 2.00. The Balaban J connectivity index is 2.10. The van der Waals surface area contributed by atoms with Crippen LogP contribution in [0.2, 0.25) is 0 Å². The molecule has 1 aromatic rings. The van der Waals surface area contributed by atoms with Gasteiger partial charge in [0.15, 0.2) is 0 Å². The first-order valence-electron chi connectivity index (χ1n) is 7.58. The third-order valence-corrected chi connectivity index (χ3v) is 3.25. The van der Waals surface area contributed by atoms with Crippen molar-refractivity contribution in [2.45, 2.75) is 46.0 Å². The lowest BCUT2D eigenvalue weighted by atomic mass is 10.0. The molecule has 0 spiro atoms. The van der Waals surface area contributed by atoms with Crippen molar-refractivity contribution in [1.29, 1.82) is 0 Å². The zero-order chi connectivity index (χ0) is 14.6. The molecule has 1 aromatic carbocycles. The van der Waals surface area contributed by atoms with E-state index in [-0.39, 0.29) is 5.97 Å². The van der Waals surface area contributed by atoms with E-state index in [9.17, 15) is 4.79 Å². The number of ether oxygens (including phenoxy) is 1. The number of allylic oxidation sites excluding steroid dienone is 2. The number of rotatable bonds is 9. The maximum atomic E-state index is 11.2. The quantitative estimate of drug-likeness (QED) is 0.488. The first kappa shape index (κ1) is 16.5. The molecular formula is C18H26O2. The molecule has 0 bridgehead atoms. The van der Waals surface area contributed by atoms with Gasteiger partial charge in [-0.25, -0.2) is 0 Å². The molecule has 0 heterocycles. The molecule has 0 radical (unpaired) electrons. The molecule has 1 atom stereocenters. The molecule has 1 rings (SSSR count). The summed E-state index contributed by atoms with van der Waals surface area (Å²) in [6.45, 7) is 4.53. The molecule has 0 saturated carbocycles. The van der Waals surface area contributed by atoms with Gasteiger partial charge in [-0.05, 0) is 44.1 Å². The summed E-state index contributed by atoms with van der Waals surface area (Å²) < 4.78 is 4.89. The molecule has 0 unspecified atom stereocenters.